The van der Waals surface area contributed by atoms with Crippen LogP contribution in [0, 0.1) is 18.6 Å². The Morgan fingerprint density at radius 1 is 1.11 bits per heavy atom. The summed E-state index contributed by atoms with van der Waals surface area (Å²) in [7, 11) is 1.75. The highest BCUT2D eigenvalue weighted by Gasteiger charge is 2.16. The Morgan fingerprint density at radius 2 is 1.84 bits per heavy atom. The lowest BCUT2D eigenvalue weighted by Gasteiger charge is -2.19. The smallest absolute Gasteiger partial charge is 0.126 e. The van der Waals surface area contributed by atoms with Crippen LogP contribution in [0.1, 0.15) is 22.7 Å². The fourth-order valence-electron chi connectivity index (χ4n) is 2.03. The van der Waals surface area contributed by atoms with Crippen molar-refractivity contribution in [2.24, 2.45) is 0 Å². The lowest BCUT2D eigenvalue weighted by Crippen LogP contribution is -2.18. The Morgan fingerprint density at radius 3 is 2.42 bits per heavy atom. The molecule has 100 valence electrons. The summed E-state index contributed by atoms with van der Waals surface area (Å²) >= 11 is 6.05. The number of nitrogens with one attached hydrogen (secondary N) is 1. The van der Waals surface area contributed by atoms with Gasteiger partial charge in [-0.3, -0.25) is 0 Å². The highest BCUT2D eigenvalue weighted by atomic mass is 35.5. The third kappa shape index (κ3) is 2.94. The fraction of sp³-hybridized carbons (Fsp3) is 0.200. The van der Waals surface area contributed by atoms with Crippen LogP contribution in [0.2, 0.25) is 5.02 Å². The largest absolute Gasteiger partial charge is 0.309 e. The normalized spacial score (nSPS) is 12.5. The third-order valence-electron chi connectivity index (χ3n) is 3.09. The Balaban J connectivity index is 2.46. The van der Waals surface area contributed by atoms with Crippen molar-refractivity contribution >= 4 is 11.6 Å². The molecule has 2 rings (SSSR count). The van der Waals surface area contributed by atoms with Crippen molar-refractivity contribution in [2.45, 2.75) is 13.0 Å². The van der Waals surface area contributed by atoms with Gasteiger partial charge in [0.15, 0.2) is 0 Å². The highest BCUT2D eigenvalue weighted by Crippen LogP contribution is 2.29. The van der Waals surface area contributed by atoms with Crippen LogP contribution in [0.15, 0.2) is 36.4 Å². The Bertz CT molecular complexity index is 599. The molecule has 2 aromatic carbocycles. The molecule has 0 saturated heterocycles. The fourth-order valence-corrected chi connectivity index (χ4v) is 2.30. The van der Waals surface area contributed by atoms with Crippen LogP contribution in [0.4, 0.5) is 8.78 Å². The van der Waals surface area contributed by atoms with E-state index < -0.39 is 5.82 Å². The summed E-state index contributed by atoms with van der Waals surface area (Å²) in [6, 6.07) is 8.95. The topological polar surface area (TPSA) is 12.0 Å². The standard InChI is InChI=1S/C15H14ClF2N/c1-9-3-4-10(7-14(9)18)15(19-2)12-6-5-11(17)8-13(12)16/h3-8,15,19H,1-2H3. The molecule has 19 heavy (non-hydrogen) atoms. The zero-order valence-corrected chi connectivity index (χ0v) is 11.4. The van der Waals surface area contributed by atoms with E-state index >= 15 is 0 Å². The van der Waals surface area contributed by atoms with Gasteiger partial charge in [0.2, 0.25) is 0 Å². The van der Waals surface area contributed by atoms with E-state index in [0.717, 1.165) is 5.56 Å². The third-order valence-corrected chi connectivity index (χ3v) is 3.42. The van der Waals surface area contributed by atoms with Crippen molar-refractivity contribution in [3.63, 3.8) is 0 Å². The van der Waals surface area contributed by atoms with Gasteiger partial charge in [0.25, 0.3) is 0 Å². The van der Waals surface area contributed by atoms with Crippen LogP contribution >= 0.6 is 11.6 Å². The molecule has 1 atom stereocenters. The molecule has 0 radical (unpaired) electrons. The van der Waals surface area contributed by atoms with E-state index in [4.69, 9.17) is 11.6 Å². The lowest BCUT2D eigenvalue weighted by molar-refractivity contribution is 0.606. The predicted octanol–water partition coefficient (Wildman–Crippen LogP) is 4.24. The van der Waals surface area contributed by atoms with Gasteiger partial charge in [0.1, 0.15) is 11.6 Å². The summed E-state index contributed by atoms with van der Waals surface area (Å²) in [6.07, 6.45) is 0. The SMILES string of the molecule is CNC(c1ccc(C)c(F)c1)c1ccc(F)cc1Cl. The summed E-state index contributed by atoms with van der Waals surface area (Å²) in [5.41, 5.74) is 2.05. The Labute approximate surface area is 116 Å². The minimum Gasteiger partial charge on any atom is -0.309 e. The van der Waals surface area contributed by atoms with Crippen molar-refractivity contribution in [3.8, 4) is 0 Å². The first-order valence-electron chi connectivity index (χ1n) is 5.91. The quantitative estimate of drug-likeness (QED) is 0.887. The molecule has 0 aliphatic heterocycles. The van der Waals surface area contributed by atoms with Crippen LogP contribution in [-0.2, 0) is 0 Å². The van der Waals surface area contributed by atoms with Crippen LogP contribution in [-0.4, -0.2) is 7.05 Å². The van der Waals surface area contributed by atoms with Gasteiger partial charge in [-0.25, -0.2) is 8.78 Å². The molecule has 0 fully saturated rings. The van der Waals surface area contributed by atoms with Crippen molar-refractivity contribution in [1.82, 2.24) is 5.32 Å². The van der Waals surface area contributed by atoms with E-state index in [1.807, 2.05) is 6.07 Å². The molecule has 4 heteroatoms. The molecule has 1 unspecified atom stereocenters. The molecular formula is C15H14ClF2N. The highest BCUT2D eigenvalue weighted by molar-refractivity contribution is 6.31. The summed E-state index contributed by atoms with van der Waals surface area (Å²) < 4.78 is 26.7. The molecule has 1 N–H and O–H groups in total. The molecule has 0 aromatic heterocycles. The van der Waals surface area contributed by atoms with Gasteiger partial charge in [-0.1, -0.05) is 29.8 Å². The van der Waals surface area contributed by atoms with Crippen LogP contribution in [0.3, 0.4) is 0 Å². The second-order valence-corrected chi connectivity index (χ2v) is 4.80. The molecule has 0 saturated carbocycles. The van der Waals surface area contributed by atoms with Gasteiger partial charge in [-0.05, 0) is 48.9 Å². The summed E-state index contributed by atoms with van der Waals surface area (Å²) in [5.74, 6) is -0.658. The zero-order valence-electron chi connectivity index (χ0n) is 10.7. The van der Waals surface area contributed by atoms with E-state index in [2.05, 4.69) is 5.32 Å². The van der Waals surface area contributed by atoms with Gasteiger partial charge in [-0.15, -0.1) is 0 Å². The Hall–Kier alpha value is -1.45. The number of aryl methyl sites for hydroxylation is 1. The zero-order chi connectivity index (χ0) is 14.0. The summed E-state index contributed by atoms with van der Waals surface area (Å²) in [4.78, 5) is 0. The van der Waals surface area contributed by atoms with Gasteiger partial charge in [0.05, 0.1) is 6.04 Å². The minimum absolute atomic E-state index is 0.268. The number of hydrogen-bond donors (Lipinski definition) is 1. The maximum Gasteiger partial charge on any atom is 0.126 e. The average Bonchev–Trinajstić information content (AvgIpc) is 2.37. The second kappa shape index (κ2) is 5.68. The number of rotatable bonds is 3. The molecule has 2 aromatic rings. The van der Waals surface area contributed by atoms with Crippen LogP contribution in [0.25, 0.3) is 0 Å². The molecule has 0 heterocycles. The number of hydrogen-bond acceptors (Lipinski definition) is 1. The van der Waals surface area contributed by atoms with E-state index in [1.165, 1.54) is 18.2 Å². The van der Waals surface area contributed by atoms with Crippen molar-refractivity contribution < 1.29 is 8.78 Å². The first kappa shape index (κ1) is 14.0. The maximum atomic E-state index is 13.6. The van der Waals surface area contributed by atoms with E-state index in [-0.39, 0.29) is 11.9 Å². The molecule has 0 aliphatic carbocycles. The first-order chi connectivity index (χ1) is 9.02. The molecule has 0 amide bonds. The van der Waals surface area contributed by atoms with Gasteiger partial charge in [0, 0.05) is 5.02 Å². The average molecular weight is 282 g/mol. The molecule has 0 aliphatic rings. The molecule has 0 bridgehead atoms. The molecular weight excluding hydrogens is 268 g/mol. The van der Waals surface area contributed by atoms with Gasteiger partial charge >= 0.3 is 0 Å². The molecule has 1 nitrogen and oxygen atoms in total. The van der Waals surface area contributed by atoms with E-state index in [0.29, 0.717) is 16.1 Å². The number of halogens is 3. The van der Waals surface area contributed by atoms with Crippen molar-refractivity contribution in [2.75, 3.05) is 7.05 Å². The Kier molecular flexibility index (Phi) is 4.17. The maximum absolute atomic E-state index is 13.6. The second-order valence-electron chi connectivity index (χ2n) is 4.40. The minimum atomic E-state index is -0.390. The van der Waals surface area contributed by atoms with E-state index in [9.17, 15) is 8.78 Å². The van der Waals surface area contributed by atoms with Gasteiger partial charge < -0.3 is 5.32 Å². The first-order valence-corrected chi connectivity index (χ1v) is 6.29. The monoisotopic (exact) mass is 281 g/mol. The van der Waals surface area contributed by atoms with Crippen molar-refractivity contribution in [1.29, 1.82) is 0 Å². The van der Waals surface area contributed by atoms with Crippen molar-refractivity contribution in [3.05, 3.63) is 69.7 Å². The number of benzene rings is 2. The van der Waals surface area contributed by atoms with E-state index in [1.54, 1.807) is 26.1 Å². The molecule has 0 spiro atoms. The summed E-state index contributed by atoms with van der Waals surface area (Å²) in [5, 5.41) is 3.39. The van der Waals surface area contributed by atoms with Gasteiger partial charge in [-0.2, -0.15) is 0 Å². The van der Waals surface area contributed by atoms with Crippen LogP contribution in [0.5, 0.6) is 0 Å². The predicted molar refractivity (Wildman–Crippen MR) is 73.4 cm³/mol. The lowest BCUT2D eigenvalue weighted by atomic mass is 9.97. The van der Waals surface area contributed by atoms with Crippen LogP contribution < -0.4 is 5.32 Å². The summed E-state index contributed by atoms with van der Waals surface area (Å²) in [6.45, 7) is 1.71.